The van der Waals surface area contributed by atoms with Crippen LogP contribution in [0.1, 0.15) is 27.0 Å². The van der Waals surface area contributed by atoms with Crippen LogP contribution in [0, 0.1) is 25.2 Å². The molecule has 7 heteroatoms. The molecule has 140 valence electrons. The van der Waals surface area contributed by atoms with Crippen molar-refractivity contribution in [2.24, 2.45) is 0 Å². The predicted octanol–water partition coefficient (Wildman–Crippen LogP) is 2.72. The number of carbonyl (C=O) groups is 1. The largest absolute Gasteiger partial charge is 0.478 e. The van der Waals surface area contributed by atoms with Crippen molar-refractivity contribution in [2.45, 2.75) is 18.7 Å². The summed E-state index contributed by atoms with van der Waals surface area (Å²) in [5.74, 6) is -1.01. The highest BCUT2D eigenvalue weighted by atomic mass is 32.2. The molecule has 0 aliphatic carbocycles. The summed E-state index contributed by atoms with van der Waals surface area (Å²) in [6.07, 6.45) is 0. The van der Waals surface area contributed by atoms with E-state index in [4.69, 9.17) is 0 Å². The van der Waals surface area contributed by atoms with Crippen LogP contribution in [0.5, 0.6) is 0 Å². The molecule has 0 bridgehead atoms. The van der Waals surface area contributed by atoms with Gasteiger partial charge in [-0.25, -0.2) is 13.3 Å². The third kappa shape index (κ3) is 3.87. The Kier molecular flexibility index (Phi) is 5.59. The summed E-state index contributed by atoms with van der Waals surface area (Å²) < 4.78 is 14.9. The van der Waals surface area contributed by atoms with Crippen molar-refractivity contribution in [1.82, 2.24) is 4.31 Å². The molecule has 3 rings (SSSR count). The maximum atomic E-state index is 13.0. The molecule has 2 aromatic rings. The van der Waals surface area contributed by atoms with Crippen LogP contribution >= 0.6 is 0 Å². The van der Waals surface area contributed by atoms with E-state index in [0.29, 0.717) is 42.2 Å². The molecule has 27 heavy (non-hydrogen) atoms. The number of aryl methyl sites for hydroxylation is 2. The van der Waals surface area contributed by atoms with Gasteiger partial charge in [0.2, 0.25) is 0 Å². The number of nitrogens with zero attached hydrogens (tertiary/aromatic N) is 3. The maximum absolute atomic E-state index is 13.0. The molecule has 0 saturated carbocycles. The summed E-state index contributed by atoms with van der Waals surface area (Å²) in [7, 11) is -1.42. The lowest BCUT2D eigenvalue weighted by atomic mass is 10.1. The van der Waals surface area contributed by atoms with E-state index in [0.717, 1.165) is 11.3 Å². The molecule has 1 saturated heterocycles. The zero-order chi connectivity index (χ0) is 19.6. The summed E-state index contributed by atoms with van der Waals surface area (Å²) >= 11 is 0. The topological polar surface area (TPSA) is 84.6 Å². The minimum atomic E-state index is -1.42. The van der Waals surface area contributed by atoms with Crippen LogP contribution in [0.15, 0.2) is 41.3 Å². The average molecular weight is 383 g/mol. The molecule has 1 aliphatic rings. The molecule has 1 N–H and O–H groups in total. The first-order chi connectivity index (χ1) is 12.9. The Balaban J connectivity index is 1.77. The number of nitriles is 1. The van der Waals surface area contributed by atoms with Gasteiger partial charge in [0, 0.05) is 26.2 Å². The van der Waals surface area contributed by atoms with E-state index in [1.165, 1.54) is 6.07 Å². The first-order valence-electron chi connectivity index (χ1n) is 8.68. The van der Waals surface area contributed by atoms with Crippen LogP contribution < -0.4 is 4.90 Å². The Morgan fingerprint density at radius 1 is 1.11 bits per heavy atom. The van der Waals surface area contributed by atoms with Crippen LogP contribution in [0.2, 0.25) is 0 Å². The number of aromatic carboxylic acids is 1. The number of piperazine rings is 1. The van der Waals surface area contributed by atoms with Crippen LogP contribution in [-0.4, -0.2) is 45.8 Å². The number of hydrogen-bond acceptors (Lipinski definition) is 4. The van der Waals surface area contributed by atoms with E-state index in [1.54, 1.807) is 19.1 Å². The van der Waals surface area contributed by atoms with Gasteiger partial charge in [-0.3, -0.25) is 0 Å². The van der Waals surface area contributed by atoms with Crippen molar-refractivity contribution in [1.29, 1.82) is 5.26 Å². The van der Waals surface area contributed by atoms with E-state index in [9.17, 15) is 19.4 Å². The minimum absolute atomic E-state index is 0.186. The fourth-order valence-corrected chi connectivity index (χ4v) is 4.65. The van der Waals surface area contributed by atoms with Gasteiger partial charge in [-0.1, -0.05) is 18.2 Å². The lowest BCUT2D eigenvalue weighted by Crippen LogP contribution is -2.47. The molecular weight excluding hydrogens is 362 g/mol. The zero-order valence-corrected chi connectivity index (χ0v) is 16.1. The van der Waals surface area contributed by atoms with Crippen molar-refractivity contribution in [3.05, 3.63) is 58.7 Å². The van der Waals surface area contributed by atoms with Gasteiger partial charge in [0.25, 0.3) is 0 Å². The quantitative estimate of drug-likeness (QED) is 0.877. The monoisotopic (exact) mass is 383 g/mol. The van der Waals surface area contributed by atoms with Gasteiger partial charge in [0.1, 0.15) is 17.1 Å². The van der Waals surface area contributed by atoms with Crippen LogP contribution in [0.25, 0.3) is 0 Å². The second kappa shape index (κ2) is 7.91. The number of carboxylic acid groups (broad SMARTS) is 1. The van der Waals surface area contributed by atoms with Crippen molar-refractivity contribution in [3.8, 4) is 6.07 Å². The fraction of sp³-hybridized carbons (Fsp3) is 0.300. The third-order valence-corrected chi connectivity index (χ3v) is 6.43. The number of rotatable bonds is 4. The van der Waals surface area contributed by atoms with Gasteiger partial charge < -0.3 is 10.0 Å². The van der Waals surface area contributed by atoms with Gasteiger partial charge in [-0.15, -0.1) is 0 Å². The Labute approximate surface area is 161 Å². The smallest absolute Gasteiger partial charge is 0.335 e. The molecule has 1 fully saturated rings. The van der Waals surface area contributed by atoms with Gasteiger partial charge in [-0.2, -0.15) is 5.26 Å². The third-order valence-electron chi connectivity index (χ3n) is 4.78. The standard InChI is InChI=1S/C20H21N3O3S/c1-14-11-15(2)19(12-17(14)20(24)25)27(26)23-9-7-22(8-10-23)18-6-4-3-5-16(18)13-21/h3-6,11-12H,7-10H2,1-2H3,(H,24,25). The minimum Gasteiger partial charge on any atom is -0.478 e. The SMILES string of the molecule is Cc1cc(C)c(S(=O)N2CCN(c3ccccc3C#N)CC2)cc1C(=O)O. The Morgan fingerprint density at radius 2 is 1.78 bits per heavy atom. The number of para-hydroxylation sites is 1. The van der Waals surface area contributed by atoms with E-state index in [-0.39, 0.29) is 5.56 Å². The predicted molar refractivity (Wildman–Crippen MR) is 104 cm³/mol. The van der Waals surface area contributed by atoms with Crippen LogP contribution in [-0.2, 0) is 11.0 Å². The molecule has 6 nitrogen and oxygen atoms in total. The highest BCUT2D eigenvalue weighted by Gasteiger charge is 2.25. The Bertz CT molecular complexity index is 944. The van der Waals surface area contributed by atoms with Crippen LogP contribution in [0.4, 0.5) is 5.69 Å². The van der Waals surface area contributed by atoms with E-state index >= 15 is 0 Å². The average Bonchev–Trinajstić information content (AvgIpc) is 2.67. The van der Waals surface area contributed by atoms with Crippen molar-refractivity contribution in [3.63, 3.8) is 0 Å². The van der Waals surface area contributed by atoms with Crippen molar-refractivity contribution in [2.75, 3.05) is 31.1 Å². The Hall–Kier alpha value is -2.69. The van der Waals surface area contributed by atoms with Gasteiger partial charge in [-0.05, 0) is 43.2 Å². The lowest BCUT2D eigenvalue weighted by molar-refractivity contribution is 0.0696. The van der Waals surface area contributed by atoms with Gasteiger partial charge >= 0.3 is 5.97 Å². The molecule has 1 aliphatic heterocycles. The normalized spacial score (nSPS) is 16.0. The number of hydrogen-bond donors (Lipinski definition) is 1. The summed E-state index contributed by atoms with van der Waals surface area (Å²) in [6, 6.07) is 13.0. The summed E-state index contributed by atoms with van der Waals surface area (Å²) in [5.41, 5.74) is 3.20. The van der Waals surface area contributed by atoms with E-state index in [1.807, 2.05) is 29.4 Å². The van der Waals surface area contributed by atoms with E-state index < -0.39 is 17.0 Å². The summed E-state index contributed by atoms with van der Waals surface area (Å²) in [5, 5.41) is 18.6. The van der Waals surface area contributed by atoms with Crippen molar-refractivity contribution >= 4 is 22.6 Å². The number of benzene rings is 2. The fourth-order valence-electron chi connectivity index (χ4n) is 3.33. The number of anilines is 1. The highest BCUT2D eigenvalue weighted by molar-refractivity contribution is 7.82. The zero-order valence-electron chi connectivity index (χ0n) is 15.3. The first-order valence-corrected chi connectivity index (χ1v) is 9.78. The molecule has 1 heterocycles. The molecule has 0 aromatic heterocycles. The second-order valence-corrected chi connectivity index (χ2v) is 7.99. The van der Waals surface area contributed by atoms with Gasteiger partial charge in [0.15, 0.2) is 0 Å². The van der Waals surface area contributed by atoms with Crippen LogP contribution in [0.3, 0.4) is 0 Å². The Morgan fingerprint density at radius 3 is 2.41 bits per heavy atom. The molecule has 2 aromatic carbocycles. The highest BCUT2D eigenvalue weighted by Crippen LogP contribution is 2.25. The van der Waals surface area contributed by atoms with E-state index in [2.05, 4.69) is 11.0 Å². The molecule has 0 amide bonds. The molecule has 0 radical (unpaired) electrons. The summed E-state index contributed by atoms with van der Waals surface area (Å²) in [4.78, 5) is 14.1. The molecular formula is C20H21N3O3S. The van der Waals surface area contributed by atoms with Gasteiger partial charge in [0.05, 0.1) is 21.7 Å². The van der Waals surface area contributed by atoms with Crippen molar-refractivity contribution < 1.29 is 14.1 Å². The maximum Gasteiger partial charge on any atom is 0.335 e. The summed E-state index contributed by atoms with van der Waals surface area (Å²) in [6.45, 7) is 6.05. The first kappa shape index (κ1) is 19.1. The number of carboxylic acids is 1. The molecule has 1 unspecified atom stereocenters. The molecule has 1 atom stereocenters. The lowest BCUT2D eigenvalue weighted by Gasteiger charge is -2.35. The molecule has 0 spiro atoms. The second-order valence-electron chi connectivity index (χ2n) is 6.53.